The summed E-state index contributed by atoms with van der Waals surface area (Å²) in [6, 6.07) is 3.65. The van der Waals surface area contributed by atoms with E-state index in [-0.39, 0.29) is 5.97 Å². The third-order valence-corrected chi connectivity index (χ3v) is 3.50. The molecule has 98 valence electrons. The van der Waals surface area contributed by atoms with Crippen molar-refractivity contribution in [2.75, 3.05) is 20.7 Å². The van der Waals surface area contributed by atoms with Gasteiger partial charge in [0, 0.05) is 19.3 Å². The number of carbonyl (C=O) groups excluding carboxylic acids is 1. The van der Waals surface area contributed by atoms with E-state index in [0.29, 0.717) is 5.56 Å². The number of ether oxygens (including phenoxy) is 1. The number of carbonyl (C=O) groups is 1. The topological polar surface area (TPSA) is 42.4 Å². The van der Waals surface area contributed by atoms with Gasteiger partial charge in [-0.1, -0.05) is 6.92 Å². The molecule has 0 bridgehead atoms. The number of aromatic nitrogens is 1. The van der Waals surface area contributed by atoms with Crippen LogP contribution >= 0.6 is 0 Å². The zero-order valence-corrected chi connectivity index (χ0v) is 11.2. The molecule has 0 spiro atoms. The zero-order valence-electron chi connectivity index (χ0n) is 11.2. The van der Waals surface area contributed by atoms with Crippen LogP contribution in [0.3, 0.4) is 0 Å². The lowest BCUT2D eigenvalue weighted by Gasteiger charge is -2.15. The van der Waals surface area contributed by atoms with E-state index in [4.69, 9.17) is 0 Å². The fourth-order valence-corrected chi connectivity index (χ4v) is 2.15. The van der Waals surface area contributed by atoms with Crippen LogP contribution in [0.15, 0.2) is 18.3 Å². The van der Waals surface area contributed by atoms with Crippen LogP contribution in [0.5, 0.6) is 0 Å². The first-order valence-electron chi connectivity index (χ1n) is 6.32. The van der Waals surface area contributed by atoms with Crippen molar-refractivity contribution in [3.63, 3.8) is 0 Å². The Bertz CT molecular complexity index is 416. The van der Waals surface area contributed by atoms with Crippen molar-refractivity contribution >= 4 is 5.97 Å². The molecule has 1 aliphatic rings. The third-order valence-electron chi connectivity index (χ3n) is 3.50. The molecule has 0 aliphatic heterocycles. The van der Waals surface area contributed by atoms with Crippen LogP contribution in [0, 0.1) is 11.8 Å². The van der Waals surface area contributed by atoms with Crippen LogP contribution in [-0.4, -0.2) is 36.6 Å². The monoisotopic (exact) mass is 248 g/mol. The molecule has 1 aromatic rings. The largest absolute Gasteiger partial charge is 0.465 e. The van der Waals surface area contributed by atoms with Gasteiger partial charge in [0.2, 0.25) is 0 Å². The molecule has 0 radical (unpaired) electrons. The highest BCUT2D eigenvalue weighted by Crippen LogP contribution is 2.38. The molecular formula is C14H20N2O2. The quantitative estimate of drug-likeness (QED) is 0.747. The Morgan fingerprint density at radius 3 is 2.78 bits per heavy atom. The Hall–Kier alpha value is -1.42. The molecule has 2 atom stereocenters. The first-order chi connectivity index (χ1) is 8.60. The zero-order chi connectivity index (χ0) is 13.1. The molecule has 1 saturated carbocycles. The van der Waals surface area contributed by atoms with Gasteiger partial charge in [0.05, 0.1) is 18.4 Å². The summed E-state index contributed by atoms with van der Waals surface area (Å²) < 4.78 is 4.64. The fraction of sp³-hybridized carbons (Fsp3) is 0.571. The second-order valence-electron chi connectivity index (χ2n) is 5.20. The first-order valence-corrected chi connectivity index (χ1v) is 6.32. The van der Waals surface area contributed by atoms with E-state index in [2.05, 4.69) is 28.6 Å². The number of pyridine rings is 1. The summed E-state index contributed by atoms with van der Waals surface area (Å²) in [5.74, 6) is 1.39. The summed E-state index contributed by atoms with van der Waals surface area (Å²) in [5, 5.41) is 0. The average Bonchev–Trinajstić information content (AvgIpc) is 3.04. The maximum Gasteiger partial charge on any atom is 0.339 e. The molecule has 2 unspecified atom stereocenters. The Balaban J connectivity index is 1.87. The van der Waals surface area contributed by atoms with Crippen LogP contribution < -0.4 is 0 Å². The van der Waals surface area contributed by atoms with Gasteiger partial charge < -0.3 is 9.64 Å². The molecule has 18 heavy (non-hydrogen) atoms. The van der Waals surface area contributed by atoms with Crippen LogP contribution in [0.25, 0.3) is 0 Å². The maximum absolute atomic E-state index is 11.3. The minimum absolute atomic E-state index is 0.339. The van der Waals surface area contributed by atoms with Crippen LogP contribution in [0.4, 0.5) is 0 Å². The second kappa shape index (κ2) is 5.48. The van der Waals surface area contributed by atoms with E-state index in [0.717, 1.165) is 30.6 Å². The molecule has 4 heteroatoms. The van der Waals surface area contributed by atoms with E-state index < -0.39 is 0 Å². The molecule has 1 fully saturated rings. The van der Waals surface area contributed by atoms with E-state index in [1.54, 1.807) is 12.3 Å². The van der Waals surface area contributed by atoms with E-state index in [1.807, 2.05) is 6.07 Å². The molecule has 1 heterocycles. The van der Waals surface area contributed by atoms with Crippen molar-refractivity contribution < 1.29 is 9.53 Å². The normalized spacial score (nSPS) is 22.0. The van der Waals surface area contributed by atoms with E-state index >= 15 is 0 Å². The molecular weight excluding hydrogens is 228 g/mol. The van der Waals surface area contributed by atoms with Gasteiger partial charge in [0.25, 0.3) is 0 Å². The summed E-state index contributed by atoms with van der Waals surface area (Å²) in [7, 11) is 3.49. The predicted molar refractivity (Wildman–Crippen MR) is 69.2 cm³/mol. The van der Waals surface area contributed by atoms with Crippen molar-refractivity contribution in [2.45, 2.75) is 19.9 Å². The molecule has 2 rings (SSSR count). The standard InChI is InChI=1S/C14H20N2O2/c1-10-6-12(10)8-16(2)9-13-5-4-11(7-15-13)14(17)18-3/h4-5,7,10,12H,6,8-9H2,1-3H3. The SMILES string of the molecule is COC(=O)c1ccc(CN(C)CC2CC2C)nc1. The van der Waals surface area contributed by atoms with Gasteiger partial charge in [-0.2, -0.15) is 0 Å². The highest BCUT2D eigenvalue weighted by molar-refractivity contribution is 5.88. The van der Waals surface area contributed by atoms with Crippen molar-refractivity contribution in [2.24, 2.45) is 11.8 Å². The van der Waals surface area contributed by atoms with Gasteiger partial charge in [-0.3, -0.25) is 4.98 Å². The van der Waals surface area contributed by atoms with Gasteiger partial charge in [0.15, 0.2) is 0 Å². The summed E-state index contributed by atoms with van der Waals surface area (Å²) in [5.41, 5.74) is 1.48. The van der Waals surface area contributed by atoms with Gasteiger partial charge in [-0.05, 0) is 37.4 Å². The van der Waals surface area contributed by atoms with Crippen molar-refractivity contribution in [3.05, 3.63) is 29.6 Å². The van der Waals surface area contributed by atoms with Gasteiger partial charge in [-0.15, -0.1) is 0 Å². The number of methoxy groups -OCH3 is 1. The maximum atomic E-state index is 11.3. The average molecular weight is 248 g/mol. The van der Waals surface area contributed by atoms with E-state index in [9.17, 15) is 4.79 Å². The first kappa shape index (κ1) is 13.0. The van der Waals surface area contributed by atoms with E-state index in [1.165, 1.54) is 13.5 Å². The van der Waals surface area contributed by atoms with Crippen molar-refractivity contribution in [1.29, 1.82) is 0 Å². The Morgan fingerprint density at radius 2 is 2.28 bits per heavy atom. The summed E-state index contributed by atoms with van der Waals surface area (Å²) in [6.45, 7) is 4.24. The minimum atomic E-state index is -0.339. The molecule has 0 N–H and O–H groups in total. The smallest absolute Gasteiger partial charge is 0.339 e. The molecule has 0 amide bonds. The Morgan fingerprint density at radius 1 is 1.56 bits per heavy atom. The number of rotatable bonds is 5. The lowest BCUT2D eigenvalue weighted by molar-refractivity contribution is 0.0600. The Kier molecular flexibility index (Phi) is 3.97. The summed E-state index contributed by atoms with van der Waals surface area (Å²) in [6.07, 6.45) is 2.92. The lowest BCUT2D eigenvalue weighted by Crippen LogP contribution is -2.21. The molecule has 4 nitrogen and oxygen atoms in total. The summed E-state index contributed by atoms with van der Waals surface area (Å²) in [4.78, 5) is 17.8. The number of hydrogen-bond acceptors (Lipinski definition) is 4. The van der Waals surface area contributed by atoms with Crippen LogP contribution in [-0.2, 0) is 11.3 Å². The van der Waals surface area contributed by atoms with Gasteiger partial charge >= 0.3 is 5.97 Å². The molecule has 1 aromatic heterocycles. The van der Waals surface area contributed by atoms with Gasteiger partial charge in [0.1, 0.15) is 0 Å². The minimum Gasteiger partial charge on any atom is -0.465 e. The lowest BCUT2D eigenvalue weighted by atomic mass is 10.2. The van der Waals surface area contributed by atoms with Crippen molar-refractivity contribution in [3.8, 4) is 0 Å². The van der Waals surface area contributed by atoms with Crippen LogP contribution in [0.2, 0.25) is 0 Å². The second-order valence-corrected chi connectivity index (χ2v) is 5.20. The third kappa shape index (κ3) is 3.29. The number of esters is 1. The predicted octanol–water partition coefficient (Wildman–Crippen LogP) is 1.96. The van der Waals surface area contributed by atoms with Crippen LogP contribution in [0.1, 0.15) is 29.4 Å². The molecule has 0 saturated heterocycles. The molecule has 0 aromatic carbocycles. The number of nitrogens with zero attached hydrogens (tertiary/aromatic N) is 2. The summed E-state index contributed by atoms with van der Waals surface area (Å²) >= 11 is 0. The van der Waals surface area contributed by atoms with Crippen molar-refractivity contribution in [1.82, 2.24) is 9.88 Å². The fourth-order valence-electron chi connectivity index (χ4n) is 2.15. The Labute approximate surface area is 108 Å². The highest BCUT2D eigenvalue weighted by Gasteiger charge is 2.33. The van der Waals surface area contributed by atoms with Gasteiger partial charge in [-0.25, -0.2) is 4.79 Å². The number of hydrogen-bond donors (Lipinski definition) is 0. The molecule has 1 aliphatic carbocycles. The highest BCUT2D eigenvalue weighted by atomic mass is 16.5.